The fraction of sp³-hybridized carbons (Fsp3) is 0.294. The highest BCUT2D eigenvalue weighted by Crippen LogP contribution is 2.41. The molecule has 2 N–H and O–H groups in total. The fourth-order valence-electron chi connectivity index (χ4n) is 2.53. The fourth-order valence-corrected chi connectivity index (χ4v) is 2.53. The van der Waals surface area contributed by atoms with Crippen molar-refractivity contribution in [1.29, 1.82) is 0 Å². The van der Waals surface area contributed by atoms with Crippen molar-refractivity contribution in [3.63, 3.8) is 0 Å². The van der Waals surface area contributed by atoms with Crippen LogP contribution in [0.4, 0.5) is 4.39 Å². The summed E-state index contributed by atoms with van der Waals surface area (Å²) < 4.78 is 13.3. The van der Waals surface area contributed by atoms with E-state index in [-0.39, 0.29) is 5.75 Å². The van der Waals surface area contributed by atoms with Crippen LogP contribution in [-0.4, -0.2) is 5.11 Å². The molecule has 20 heavy (non-hydrogen) atoms. The zero-order valence-corrected chi connectivity index (χ0v) is 11.2. The minimum Gasteiger partial charge on any atom is -0.505 e. The van der Waals surface area contributed by atoms with Crippen LogP contribution in [0.3, 0.4) is 0 Å². The van der Waals surface area contributed by atoms with Gasteiger partial charge in [-0.15, -0.1) is 0 Å². The summed E-state index contributed by atoms with van der Waals surface area (Å²) >= 11 is 0. The first-order valence-electron chi connectivity index (χ1n) is 7.00. The first-order chi connectivity index (χ1) is 9.74. The van der Waals surface area contributed by atoms with Crippen LogP contribution in [0, 0.1) is 11.7 Å². The summed E-state index contributed by atoms with van der Waals surface area (Å²) in [5, 5.41) is 12.7. The SMILES string of the molecule is Oc1ccc(CNC(c2ccccc2)C2CC2)cc1F. The number of benzene rings is 2. The van der Waals surface area contributed by atoms with E-state index in [1.165, 1.54) is 30.5 Å². The summed E-state index contributed by atoms with van der Waals surface area (Å²) in [5.74, 6) is -0.179. The molecule has 3 rings (SSSR count). The summed E-state index contributed by atoms with van der Waals surface area (Å²) in [5.41, 5.74) is 2.14. The smallest absolute Gasteiger partial charge is 0.165 e. The molecule has 0 saturated heterocycles. The molecule has 104 valence electrons. The molecule has 0 heterocycles. The highest BCUT2D eigenvalue weighted by Gasteiger charge is 2.31. The molecule has 1 unspecified atom stereocenters. The van der Waals surface area contributed by atoms with E-state index in [1.54, 1.807) is 6.07 Å². The van der Waals surface area contributed by atoms with E-state index in [4.69, 9.17) is 0 Å². The summed E-state index contributed by atoms with van der Waals surface area (Å²) in [6.07, 6.45) is 2.49. The zero-order chi connectivity index (χ0) is 13.9. The van der Waals surface area contributed by atoms with Gasteiger partial charge in [-0.3, -0.25) is 0 Å². The lowest BCUT2D eigenvalue weighted by Crippen LogP contribution is -2.22. The molecule has 0 bridgehead atoms. The van der Waals surface area contributed by atoms with Crippen molar-refractivity contribution in [2.24, 2.45) is 5.92 Å². The van der Waals surface area contributed by atoms with Crippen molar-refractivity contribution in [1.82, 2.24) is 5.32 Å². The second-order valence-corrected chi connectivity index (χ2v) is 5.39. The molecule has 2 aromatic rings. The van der Waals surface area contributed by atoms with Crippen LogP contribution in [0.15, 0.2) is 48.5 Å². The molecule has 3 heteroatoms. The Kier molecular flexibility index (Phi) is 3.70. The monoisotopic (exact) mass is 271 g/mol. The van der Waals surface area contributed by atoms with Gasteiger partial charge < -0.3 is 10.4 Å². The Balaban J connectivity index is 1.70. The van der Waals surface area contributed by atoms with E-state index in [2.05, 4.69) is 17.4 Å². The van der Waals surface area contributed by atoms with Gasteiger partial charge in [0, 0.05) is 12.6 Å². The molecular formula is C17H18FNO. The zero-order valence-electron chi connectivity index (χ0n) is 11.2. The largest absolute Gasteiger partial charge is 0.505 e. The van der Waals surface area contributed by atoms with Gasteiger partial charge in [-0.25, -0.2) is 4.39 Å². The average molecular weight is 271 g/mol. The Labute approximate surface area is 118 Å². The van der Waals surface area contributed by atoms with E-state index in [1.807, 2.05) is 18.2 Å². The molecule has 1 fully saturated rings. The van der Waals surface area contributed by atoms with E-state index < -0.39 is 5.82 Å². The second kappa shape index (κ2) is 5.63. The van der Waals surface area contributed by atoms with E-state index >= 15 is 0 Å². The molecule has 1 saturated carbocycles. The predicted octanol–water partition coefficient (Wildman–Crippen LogP) is 3.77. The average Bonchev–Trinajstić information content (AvgIpc) is 3.29. The second-order valence-electron chi connectivity index (χ2n) is 5.39. The van der Waals surface area contributed by atoms with Crippen molar-refractivity contribution < 1.29 is 9.50 Å². The van der Waals surface area contributed by atoms with Crippen molar-refractivity contribution in [3.8, 4) is 5.75 Å². The predicted molar refractivity (Wildman–Crippen MR) is 76.8 cm³/mol. The normalized spacial score (nSPS) is 16.1. The maximum absolute atomic E-state index is 13.3. The van der Waals surface area contributed by atoms with E-state index in [9.17, 15) is 9.50 Å². The molecule has 0 aliphatic heterocycles. The summed E-state index contributed by atoms with van der Waals surface area (Å²) in [6, 6.07) is 15.2. The van der Waals surface area contributed by atoms with Gasteiger partial charge in [0.1, 0.15) is 0 Å². The number of hydrogen-bond donors (Lipinski definition) is 2. The third-order valence-corrected chi connectivity index (χ3v) is 3.79. The lowest BCUT2D eigenvalue weighted by Gasteiger charge is -2.19. The maximum Gasteiger partial charge on any atom is 0.165 e. The molecule has 2 nitrogen and oxygen atoms in total. The molecule has 1 aliphatic rings. The Bertz CT molecular complexity index is 581. The van der Waals surface area contributed by atoms with Crippen LogP contribution in [0.25, 0.3) is 0 Å². The van der Waals surface area contributed by atoms with E-state index in [0.717, 1.165) is 5.56 Å². The maximum atomic E-state index is 13.3. The van der Waals surface area contributed by atoms with Gasteiger partial charge in [0.15, 0.2) is 11.6 Å². The van der Waals surface area contributed by atoms with Gasteiger partial charge in [0.25, 0.3) is 0 Å². The Morgan fingerprint density at radius 1 is 1.15 bits per heavy atom. The number of hydrogen-bond acceptors (Lipinski definition) is 2. The Morgan fingerprint density at radius 3 is 2.55 bits per heavy atom. The number of nitrogens with one attached hydrogen (secondary N) is 1. The summed E-state index contributed by atoms with van der Waals surface area (Å²) in [6.45, 7) is 0.604. The molecule has 0 radical (unpaired) electrons. The van der Waals surface area contributed by atoms with Crippen LogP contribution < -0.4 is 5.32 Å². The van der Waals surface area contributed by atoms with Crippen molar-refractivity contribution in [2.75, 3.05) is 0 Å². The standard InChI is InChI=1S/C17H18FNO/c18-15-10-12(6-9-16(15)20)11-19-17(14-7-8-14)13-4-2-1-3-5-13/h1-6,9-10,14,17,19-20H,7-8,11H2. The molecular weight excluding hydrogens is 253 g/mol. The van der Waals surface area contributed by atoms with Crippen LogP contribution in [0.1, 0.15) is 30.0 Å². The lowest BCUT2D eigenvalue weighted by molar-refractivity contribution is 0.430. The molecule has 0 aromatic heterocycles. The van der Waals surface area contributed by atoms with E-state index in [0.29, 0.717) is 18.5 Å². The molecule has 0 spiro atoms. The number of halogens is 1. The number of phenolic OH excluding ortho intramolecular Hbond substituents is 1. The van der Waals surface area contributed by atoms with Gasteiger partial charge in [-0.05, 0) is 42.0 Å². The first-order valence-corrected chi connectivity index (χ1v) is 7.00. The highest BCUT2D eigenvalue weighted by atomic mass is 19.1. The minimum absolute atomic E-state index is 0.296. The summed E-state index contributed by atoms with van der Waals surface area (Å²) in [4.78, 5) is 0. The molecule has 2 aromatic carbocycles. The molecule has 1 atom stereocenters. The van der Waals surface area contributed by atoms with Crippen molar-refractivity contribution in [2.45, 2.75) is 25.4 Å². The van der Waals surface area contributed by atoms with Crippen molar-refractivity contribution in [3.05, 3.63) is 65.5 Å². The van der Waals surface area contributed by atoms with Crippen LogP contribution in [0.2, 0.25) is 0 Å². The van der Waals surface area contributed by atoms with Gasteiger partial charge in [-0.1, -0.05) is 36.4 Å². The van der Waals surface area contributed by atoms with Crippen LogP contribution in [0.5, 0.6) is 5.75 Å². The molecule has 0 amide bonds. The van der Waals surface area contributed by atoms with Crippen molar-refractivity contribution >= 4 is 0 Å². The van der Waals surface area contributed by atoms with Crippen LogP contribution in [-0.2, 0) is 6.54 Å². The highest BCUT2D eigenvalue weighted by molar-refractivity contribution is 5.28. The van der Waals surface area contributed by atoms with Gasteiger partial charge in [0.2, 0.25) is 0 Å². The third-order valence-electron chi connectivity index (χ3n) is 3.79. The first kappa shape index (κ1) is 13.1. The summed E-state index contributed by atoms with van der Waals surface area (Å²) in [7, 11) is 0. The Morgan fingerprint density at radius 2 is 1.90 bits per heavy atom. The number of rotatable bonds is 5. The minimum atomic E-state index is -0.563. The van der Waals surface area contributed by atoms with Gasteiger partial charge in [-0.2, -0.15) is 0 Å². The quantitative estimate of drug-likeness (QED) is 0.867. The number of aromatic hydroxyl groups is 1. The van der Waals surface area contributed by atoms with Gasteiger partial charge >= 0.3 is 0 Å². The van der Waals surface area contributed by atoms with Crippen LogP contribution >= 0.6 is 0 Å². The Hall–Kier alpha value is -1.87. The number of phenols is 1. The lowest BCUT2D eigenvalue weighted by atomic mass is 10.0. The van der Waals surface area contributed by atoms with Gasteiger partial charge in [0.05, 0.1) is 0 Å². The molecule has 1 aliphatic carbocycles. The third kappa shape index (κ3) is 2.99. The topological polar surface area (TPSA) is 32.3 Å².